The van der Waals surface area contributed by atoms with E-state index in [1.165, 1.54) is 17.4 Å². The molecular weight excluding hydrogens is 469 g/mol. The summed E-state index contributed by atoms with van der Waals surface area (Å²) in [6.45, 7) is 1.41. The van der Waals surface area contributed by atoms with E-state index in [9.17, 15) is 23.1 Å². The zero-order chi connectivity index (χ0) is 23.9. The number of hydrogen-bond acceptors (Lipinski definition) is 7. The Morgan fingerprint density at radius 1 is 1.29 bits per heavy atom. The Labute approximate surface area is 197 Å². The van der Waals surface area contributed by atoms with Crippen LogP contribution in [0.25, 0.3) is 10.9 Å². The van der Waals surface area contributed by atoms with E-state index in [-0.39, 0.29) is 29.7 Å². The number of carbonyl (C=O) groups excluding carboxylic acids is 1. The van der Waals surface area contributed by atoms with Crippen LogP contribution in [0.15, 0.2) is 29.9 Å². The van der Waals surface area contributed by atoms with Gasteiger partial charge in [0.25, 0.3) is 0 Å². The van der Waals surface area contributed by atoms with Gasteiger partial charge < -0.3 is 15.7 Å². The highest BCUT2D eigenvalue weighted by Crippen LogP contribution is 2.40. The number of anilines is 1. The Balaban J connectivity index is 1.08. The largest absolute Gasteiger partial charge is 0.416 e. The van der Waals surface area contributed by atoms with Crippen LogP contribution < -0.4 is 10.6 Å². The number of nitrogens with zero attached hydrogens (tertiary/aromatic N) is 3. The normalized spacial score (nSPS) is 24.2. The summed E-state index contributed by atoms with van der Waals surface area (Å²) in [6.07, 6.45) is 0.477. The Bertz CT molecular complexity index is 1150. The Hall–Kier alpha value is -2.70. The number of fused-ring (bicyclic) bond motifs is 1. The lowest BCUT2D eigenvalue weighted by atomic mass is 9.80. The molecule has 1 amide bonds. The maximum atomic E-state index is 13.0. The summed E-state index contributed by atoms with van der Waals surface area (Å²) in [5.41, 5.74) is 0.654. The lowest BCUT2D eigenvalue weighted by molar-refractivity contribution is -0.137. The quantitative estimate of drug-likeness (QED) is 0.420. The number of alkyl halides is 3. The number of aromatic nitrogens is 3. The Morgan fingerprint density at radius 3 is 2.74 bits per heavy atom. The summed E-state index contributed by atoms with van der Waals surface area (Å²) in [4.78, 5) is 19.7. The van der Waals surface area contributed by atoms with Gasteiger partial charge in [0.05, 0.1) is 34.1 Å². The highest BCUT2D eigenvalue weighted by atomic mass is 32.1. The minimum absolute atomic E-state index is 0.0318. The van der Waals surface area contributed by atoms with E-state index in [1.54, 1.807) is 11.7 Å². The molecule has 4 N–H and O–H groups in total. The molecule has 12 heteroatoms. The number of aromatic amines is 1. The van der Waals surface area contributed by atoms with E-state index in [0.717, 1.165) is 42.9 Å². The van der Waals surface area contributed by atoms with Gasteiger partial charge in [-0.1, -0.05) is 0 Å². The van der Waals surface area contributed by atoms with Gasteiger partial charge in [0.2, 0.25) is 5.91 Å². The standard InChI is InChI=1S/C22H25F3N6O2S/c23-22(24,25)13-1-2-17-16(7-13)20(30-29-17)27-9-19(32)28-14-10-31(11-14)15-3-5-21(33,6-4-15)18-8-26-12-34-18/h1-2,7-8,12,14-15,33H,3-6,9-11H2,(H,28,32)(H2,27,29,30)/t15-,21-. The first-order chi connectivity index (χ1) is 16.2. The Morgan fingerprint density at radius 2 is 2.06 bits per heavy atom. The first kappa shape index (κ1) is 23.1. The third kappa shape index (κ3) is 4.62. The second-order valence-electron chi connectivity index (χ2n) is 9.03. The van der Waals surface area contributed by atoms with Crippen molar-refractivity contribution in [3.8, 4) is 0 Å². The fraction of sp³-hybridized carbons (Fsp3) is 0.500. The van der Waals surface area contributed by atoms with Gasteiger partial charge in [-0.25, -0.2) is 0 Å². The topological polar surface area (TPSA) is 106 Å². The van der Waals surface area contributed by atoms with Crippen molar-refractivity contribution >= 4 is 34.0 Å². The van der Waals surface area contributed by atoms with E-state index in [2.05, 4.69) is 30.7 Å². The number of carbonyl (C=O) groups is 1. The van der Waals surface area contributed by atoms with Crippen LogP contribution in [0, 0.1) is 0 Å². The average molecular weight is 495 g/mol. The predicted octanol–water partition coefficient (Wildman–Crippen LogP) is 3.08. The summed E-state index contributed by atoms with van der Waals surface area (Å²) in [6, 6.07) is 3.75. The molecule has 3 aromatic rings. The molecule has 34 heavy (non-hydrogen) atoms. The number of nitrogens with one attached hydrogen (secondary N) is 3. The zero-order valence-electron chi connectivity index (χ0n) is 18.2. The van der Waals surface area contributed by atoms with Crippen LogP contribution in [0.3, 0.4) is 0 Å². The molecule has 182 valence electrons. The van der Waals surface area contributed by atoms with Gasteiger partial charge in [0, 0.05) is 30.7 Å². The molecule has 3 heterocycles. The molecule has 1 saturated carbocycles. The van der Waals surface area contributed by atoms with Crippen LogP contribution in [0.2, 0.25) is 0 Å². The molecule has 0 unspecified atom stereocenters. The molecule has 2 fully saturated rings. The smallest absolute Gasteiger partial charge is 0.384 e. The van der Waals surface area contributed by atoms with E-state index in [4.69, 9.17) is 0 Å². The minimum Gasteiger partial charge on any atom is -0.384 e. The van der Waals surface area contributed by atoms with Crippen molar-refractivity contribution in [1.29, 1.82) is 0 Å². The predicted molar refractivity (Wildman–Crippen MR) is 121 cm³/mol. The van der Waals surface area contributed by atoms with Crippen LogP contribution in [0.1, 0.15) is 36.1 Å². The first-order valence-electron chi connectivity index (χ1n) is 11.2. The van der Waals surface area contributed by atoms with Gasteiger partial charge in [-0.15, -0.1) is 11.3 Å². The van der Waals surface area contributed by atoms with Crippen molar-refractivity contribution in [3.05, 3.63) is 40.3 Å². The molecule has 1 saturated heterocycles. The lowest BCUT2D eigenvalue weighted by Crippen LogP contribution is -2.63. The molecule has 2 aromatic heterocycles. The second-order valence-corrected chi connectivity index (χ2v) is 9.92. The molecule has 2 aliphatic rings. The number of H-pyrrole nitrogens is 1. The first-order valence-corrected chi connectivity index (χ1v) is 12.0. The van der Waals surface area contributed by atoms with E-state index >= 15 is 0 Å². The molecule has 0 atom stereocenters. The molecule has 0 bridgehead atoms. The number of likely N-dealkylation sites (tertiary alicyclic amines) is 1. The molecule has 8 nitrogen and oxygen atoms in total. The van der Waals surface area contributed by atoms with Crippen molar-refractivity contribution in [2.45, 2.75) is 49.5 Å². The fourth-order valence-corrected chi connectivity index (χ4v) is 5.59. The van der Waals surface area contributed by atoms with E-state index < -0.39 is 17.3 Å². The van der Waals surface area contributed by atoms with Crippen LogP contribution in [-0.2, 0) is 16.6 Å². The number of aliphatic hydroxyl groups is 1. The van der Waals surface area contributed by atoms with E-state index in [1.807, 2.05) is 0 Å². The maximum Gasteiger partial charge on any atom is 0.416 e. The minimum atomic E-state index is -4.45. The zero-order valence-corrected chi connectivity index (χ0v) is 19.0. The SMILES string of the molecule is O=C(CNc1n[nH]c2ccc(C(F)(F)F)cc12)NC1CN([C@H]2CC[C@@](O)(c3cncs3)CC2)C1. The van der Waals surface area contributed by atoms with Gasteiger partial charge in [0.15, 0.2) is 5.82 Å². The molecule has 1 aliphatic carbocycles. The number of rotatable bonds is 6. The third-order valence-corrected chi connectivity index (χ3v) is 7.74. The van der Waals surface area contributed by atoms with Crippen LogP contribution >= 0.6 is 11.3 Å². The van der Waals surface area contributed by atoms with Crippen molar-refractivity contribution in [2.75, 3.05) is 25.0 Å². The molecular formula is C22H25F3N6O2S. The van der Waals surface area contributed by atoms with E-state index in [0.29, 0.717) is 24.4 Å². The lowest BCUT2D eigenvalue weighted by Gasteiger charge is -2.48. The van der Waals surface area contributed by atoms with Crippen molar-refractivity contribution < 1.29 is 23.1 Å². The summed E-state index contributed by atoms with van der Waals surface area (Å²) in [5.74, 6) is -0.0295. The fourth-order valence-electron chi connectivity index (χ4n) is 4.81. The number of amides is 1. The molecule has 0 radical (unpaired) electrons. The van der Waals surface area contributed by atoms with Crippen LogP contribution in [-0.4, -0.2) is 62.8 Å². The average Bonchev–Trinajstić information content (AvgIpc) is 3.45. The highest BCUT2D eigenvalue weighted by Gasteiger charge is 2.41. The van der Waals surface area contributed by atoms with Gasteiger partial charge in [-0.05, 0) is 43.9 Å². The number of halogens is 3. The monoisotopic (exact) mass is 494 g/mol. The number of benzene rings is 1. The van der Waals surface area contributed by atoms with Crippen molar-refractivity contribution in [1.82, 2.24) is 25.4 Å². The molecule has 1 aromatic carbocycles. The summed E-state index contributed by atoms with van der Waals surface area (Å²) >= 11 is 1.49. The summed E-state index contributed by atoms with van der Waals surface area (Å²) in [7, 11) is 0. The third-order valence-electron chi connectivity index (χ3n) is 6.77. The van der Waals surface area contributed by atoms with Gasteiger partial charge >= 0.3 is 6.18 Å². The second kappa shape index (κ2) is 8.82. The summed E-state index contributed by atoms with van der Waals surface area (Å²) < 4.78 is 39.0. The summed E-state index contributed by atoms with van der Waals surface area (Å²) in [5, 5.41) is 23.6. The van der Waals surface area contributed by atoms with Crippen molar-refractivity contribution in [3.63, 3.8) is 0 Å². The van der Waals surface area contributed by atoms with Crippen LogP contribution in [0.4, 0.5) is 19.0 Å². The Kier molecular flexibility index (Phi) is 5.98. The molecule has 0 spiro atoms. The molecule has 5 rings (SSSR count). The van der Waals surface area contributed by atoms with Gasteiger partial charge in [-0.2, -0.15) is 18.3 Å². The maximum absolute atomic E-state index is 13.0. The highest BCUT2D eigenvalue weighted by molar-refractivity contribution is 7.09. The number of hydrogen-bond donors (Lipinski definition) is 4. The van der Waals surface area contributed by atoms with Crippen molar-refractivity contribution in [2.24, 2.45) is 0 Å². The van der Waals surface area contributed by atoms with Gasteiger partial charge in [0.1, 0.15) is 5.60 Å². The number of thiazole rings is 1. The van der Waals surface area contributed by atoms with Gasteiger partial charge in [-0.3, -0.25) is 19.8 Å². The van der Waals surface area contributed by atoms with Crippen LogP contribution in [0.5, 0.6) is 0 Å². The molecule has 1 aliphatic heterocycles.